The van der Waals surface area contributed by atoms with E-state index in [2.05, 4.69) is 36.1 Å². The lowest BCUT2D eigenvalue weighted by molar-refractivity contribution is 0.101. The second-order valence-electron chi connectivity index (χ2n) is 5.20. The van der Waals surface area contributed by atoms with Gasteiger partial charge < -0.3 is 10.0 Å². The number of hydrogen-bond acceptors (Lipinski definition) is 2. The summed E-state index contributed by atoms with van der Waals surface area (Å²) in [7, 11) is 0. The number of aliphatic hydroxyl groups excluding tert-OH is 1. The van der Waals surface area contributed by atoms with E-state index in [1.807, 2.05) is 0 Å². The Morgan fingerprint density at radius 2 is 1.76 bits per heavy atom. The zero-order chi connectivity index (χ0) is 12.1. The second-order valence-corrected chi connectivity index (χ2v) is 5.20. The van der Waals surface area contributed by atoms with E-state index < -0.39 is 0 Å². The third-order valence-corrected chi connectivity index (χ3v) is 3.51. The highest BCUT2D eigenvalue weighted by atomic mass is 16.3. The summed E-state index contributed by atoms with van der Waals surface area (Å²) in [6.45, 7) is 5.23. The number of β-amino-alcohol motifs (C(OH)–C–C–N with tert-alkyl or cyclic N) is 1. The highest BCUT2D eigenvalue weighted by molar-refractivity contribution is 5.21. The number of hydrogen-bond donors (Lipinski definition) is 1. The molecule has 1 aliphatic rings. The highest BCUT2D eigenvalue weighted by Gasteiger charge is 2.14. The van der Waals surface area contributed by atoms with Crippen molar-refractivity contribution in [3.8, 4) is 0 Å². The van der Waals surface area contributed by atoms with Gasteiger partial charge in [-0.15, -0.1) is 0 Å². The molecule has 1 atom stereocenters. The Morgan fingerprint density at radius 1 is 1.12 bits per heavy atom. The van der Waals surface area contributed by atoms with E-state index in [1.54, 1.807) is 0 Å². The van der Waals surface area contributed by atoms with Crippen molar-refractivity contribution in [2.24, 2.45) is 0 Å². The highest BCUT2D eigenvalue weighted by Crippen LogP contribution is 2.11. The summed E-state index contributed by atoms with van der Waals surface area (Å²) in [4.78, 5) is 2.39. The van der Waals surface area contributed by atoms with Gasteiger partial charge in [0.2, 0.25) is 0 Å². The first-order valence-corrected chi connectivity index (χ1v) is 6.70. The van der Waals surface area contributed by atoms with Crippen LogP contribution in [0, 0.1) is 6.92 Å². The topological polar surface area (TPSA) is 23.5 Å². The molecule has 0 saturated carbocycles. The van der Waals surface area contributed by atoms with Gasteiger partial charge in [0.05, 0.1) is 6.10 Å². The van der Waals surface area contributed by atoms with E-state index in [0.29, 0.717) is 0 Å². The molecular formula is C15H23NO. The van der Waals surface area contributed by atoms with Crippen molar-refractivity contribution in [3.05, 3.63) is 35.4 Å². The molecule has 1 saturated heterocycles. The average Bonchev–Trinajstić information content (AvgIpc) is 2.33. The van der Waals surface area contributed by atoms with Crippen molar-refractivity contribution in [1.29, 1.82) is 0 Å². The largest absolute Gasteiger partial charge is 0.391 e. The van der Waals surface area contributed by atoms with Gasteiger partial charge in [-0.1, -0.05) is 36.2 Å². The van der Waals surface area contributed by atoms with Crippen molar-refractivity contribution in [2.45, 2.75) is 38.7 Å². The molecule has 17 heavy (non-hydrogen) atoms. The molecule has 0 aromatic heterocycles. The summed E-state index contributed by atoms with van der Waals surface area (Å²) in [6, 6.07) is 8.47. The van der Waals surface area contributed by atoms with Gasteiger partial charge in [0.25, 0.3) is 0 Å². The smallest absolute Gasteiger partial charge is 0.0707 e. The van der Waals surface area contributed by atoms with Crippen LogP contribution in [-0.4, -0.2) is 35.7 Å². The molecule has 2 nitrogen and oxygen atoms in total. The molecule has 0 aliphatic carbocycles. The average molecular weight is 233 g/mol. The molecule has 2 heteroatoms. The van der Waals surface area contributed by atoms with E-state index >= 15 is 0 Å². The molecule has 0 spiro atoms. The number of benzene rings is 1. The Hall–Kier alpha value is -0.860. The quantitative estimate of drug-likeness (QED) is 0.863. The van der Waals surface area contributed by atoms with Gasteiger partial charge in [-0.25, -0.2) is 0 Å². The van der Waals surface area contributed by atoms with Crippen LogP contribution in [0.3, 0.4) is 0 Å². The fraction of sp³-hybridized carbons (Fsp3) is 0.600. The van der Waals surface area contributed by atoms with Crippen LogP contribution in [0.15, 0.2) is 24.3 Å². The van der Waals surface area contributed by atoms with Crippen LogP contribution in [0.4, 0.5) is 0 Å². The molecule has 0 bridgehead atoms. The molecule has 1 fully saturated rings. The van der Waals surface area contributed by atoms with Crippen LogP contribution >= 0.6 is 0 Å². The predicted molar refractivity (Wildman–Crippen MR) is 71.2 cm³/mol. The van der Waals surface area contributed by atoms with Crippen LogP contribution in [0.5, 0.6) is 0 Å². The lowest BCUT2D eigenvalue weighted by Gasteiger charge is -2.28. The summed E-state index contributed by atoms with van der Waals surface area (Å²) in [6.07, 6.45) is 4.48. The lowest BCUT2D eigenvalue weighted by Crippen LogP contribution is -2.37. The first kappa shape index (κ1) is 12.6. The third-order valence-electron chi connectivity index (χ3n) is 3.51. The normalized spacial score (nSPS) is 19.2. The molecule has 1 aliphatic heterocycles. The predicted octanol–water partition coefficient (Wildman–Crippen LogP) is 2.38. The number of piperidine rings is 1. The van der Waals surface area contributed by atoms with Gasteiger partial charge in [0.1, 0.15) is 0 Å². The maximum Gasteiger partial charge on any atom is 0.0707 e. The molecule has 1 aromatic carbocycles. The number of nitrogens with zero attached hydrogens (tertiary/aromatic N) is 1. The molecule has 1 aromatic rings. The Bertz CT molecular complexity index is 327. The summed E-state index contributed by atoms with van der Waals surface area (Å²) >= 11 is 0. The minimum absolute atomic E-state index is 0.226. The minimum Gasteiger partial charge on any atom is -0.391 e. The van der Waals surface area contributed by atoms with E-state index in [0.717, 1.165) is 26.1 Å². The zero-order valence-electron chi connectivity index (χ0n) is 10.7. The standard InChI is InChI=1S/C15H23NO/c1-13-5-7-14(8-6-13)11-15(17)12-16-9-3-2-4-10-16/h5-8,15,17H,2-4,9-12H2,1H3/t15-/m0/s1. The second kappa shape index (κ2) is 6.18. The van der Waals surface area contributed by atoms with E-state index in [-0.39, 0.29) is 6.10 Å². The SMILES string of the molecule is Cc1ccc(C[C@H](O)CN2CCCCC2)cc1. The molecule has 0 unspecified atom stereocenters. The Labute approximate surface area is 104 Å². The van der Waals surface area contributed by atoms with Crippen molar-refractivity contribution >= 4 is 0 Å². The number of rotatable bonds is 4. The van der Waals surface area contributed by atoms with Crippen LogP contribution in [0.1, 0.15) is 30.4 Å². The molecular weight excluding hydrogens is 210 g/mol. The monoisotopic (exact) mass is 233 g/mol. The van der Waals surface area contributed by atoms with Gasteiger partial charge in [-0.3, -0.25) is 0 Å². The lowest BCUT2D eigenvalue weighted by atomic mass is 10.0. The van der Waals surface area contributed by atoms with Crippen molar-refractivity contribution in [2.75, 3.05) is 19.6 Å². The van der Waals surface area contributed by atoms with Crippen molar-refractivity contribution < 1.29 is 5.11 Å². The van der Waals surface area contributed by atoms with Crippen LogP contribution < -0.4 is 0 Å². The summed E-state index contributed by atoms with van der Waals surface area (Å²) in [5, 5.41) is 10.1. The third kappa shape index (κ3) is 4.14. The van der Waals surface area contributed by atoms with Gasteiger partial charge >= 0.3 is 0 Å². The van der Waals surface area contributed by atoms with Crippen LogP contribution in [0.2, 0.25) is 0 Å². The van der Waals surface area contributed by atoms with Crippen LogP contribution in [0.25, 0.3) is 0 Å². The Morgan fingerprint density at radius 3 is 2.41 bits per heavy atom. The zero-order valence-corrected chi connectivity index (χ0v) is 10.7. The van der Waals surface area contributed by atoms with Gasteiger partial charge in [-0.05, 0) is 44.8 Å². The maximum absolute atomic E-state index is 10.1. The molecule has 1 heterocycles. The number of aliphatic hydroxyl groups is 1. The number of aryl methyl sites for hydroxylation is 1. The molecule has 0 radical (unpaired) electrons. The number of likely N-dealkylation sites (tertiary alicyclic amines) is 1. The molecule has 94 valence electrons. The summed E-state index contributed by atoms with van der Waals surface area (Å²) in [5.74, 6) is 0. The summed E-state index contributed by atoms with van der Waals surface area (Å²) < 4.78 is 0. The molecule has 1 N–H and O–H groups in total. The first-order chi connectivity index (χ1) is 8.24. The minimum atomic E-state index is -0.226. The first-order valence-electron chi connectivity index (χ1n) is 6.70. The fourth-order valence-corrected chi connectivity index (χ4v) is 2.50. The van der Waals surface area contributed by atoms with E-state index in [9.17, 15) is 5.11 Å². The maximum atomic E-state index is 10.1. The van der Waals surface area contributed by atoms with Gasteiger partial charge in [0, 0.05) is 6.54 Å². The van der Waals surface area contributed by atoms with Crippen molar-refractivity contribution in [1.82, 2.24) is 4.90 Å². The molecule has 2 rings (SSSR count). The Kier molecular flexibility index (Phi) is 4.57. The van der Waals surface area contributed by atoms with Gasteiger partial charge in [-0.2, -0.15) is 0 Å². The van der Waals surface area contributed by atoms with E-state index in [4.69, 9.17) is 0 Å². The van der Waals surface area contributed by atoms with Gasteiger partial charge in [0.15, 0.2) is 0 Å². The van der Waals surface area contributed by atoms with Crippen LogP contribution in [-0.2, 0) is 6.42 Å². The Balaban J connectivity index is 1.79. The van der Waals surface area contributed by atoms with Crippen molar-refractivity contribution in [3.63, 3.8) is 0 Å². The summed E-state index contributed by atoms with van der Waals surface area (Å²) in [5.41, 5.74) is 2.51. The molecule has 0 amide bonds. The fourth-order valence-electron chi connectivity index (χ4n) is 2.50. The van der Waals surface area contributed by atoms with E-state index in [1.165, 1.54) is 30.4 Å².